The largest absolute Gasteiger partial charge is 0.418 e. The van der Waals surface area contributed by atoms with Crippen LogP contribution in [0.1, 0.15) is 5.56 Å². The molecule has 0 saturated heterocycles. The van der Waals surface area contributed by atoms with Gasteiger partial charge in [0.25, 0.3) is 10.0 Å². The summed E-state index contributed by atoms with van der Waals surface area (Å²) in [5.41, 5.74) is -0.613. The molecular formula is C21H13Cl2F3N4O2S. The van der Waals surface area contributed by atoms with Crippen LogP contribution in [0.25, 0.3) is 11.0 Å². The second kappa shape index (κ2) is 8.69. The van der Waals surface area contributed by atoms with Crippen LogP contribution in [0, 0.1) is 0 Å². The quantitative estimate of drug-likeness (QED) is 0.318. The van der Waals surface area contributed by atoms with Gasteiger partial charge in [-0.05, 0) is 42.5 Å². The van der Waals surface area contributed by atoms with E-state index in [2.05, 4.69) is 20.0 Å². The van der Waals surface area contributed by atoms with Gasteiger partial charge >= 0.3 is 6.18 Å². The van der Waals surface area contributed by atoms with Crippen LogP contribution in [0.15, 0.2) is 71.6 Å². The maximum Gasteiger partial charge on any atom is 0.418 e. The average molecular weight is 513 g/mol. The van der Waals surface area contributed by atoms with E-state index in [4.69, 9.17) is 23.2 Å². The predicted octanol–water partition coefficient (Wildman–Crippen LogP) is 6.50. The maximum atomic E-state index is 13.5. The molecule has 3 aromatic carbocycles. The molecule has 0 atom stereocenters. The fourth-order valence-electron chi connectivity index (χ4n) is 2.99. The Morgan fingerprint density at radius 1 is 0.818 bits per heavy atom. The number of nitrogens with one attached hydrogen (secondary N) is 2. The maximum absolute atomic E-state index is 13.5. The summed E-state index contributed by atoms with van der Waals surface area (Å²) in [6.45, 7) is 0. The van der Waals surface area contributed by atoms with Gasteiger partial charge in [-0.1, -0.05) is 47.5 Å². The van der Waals surface area contributed by atoms with Crippen LogP contribution >= 0.6 is 23.2 Å². The Morgan fingerprint density at radius 3 is 2.09 bits per heavy atom. The number of anilines is 3. The number of benzene rings is 3. The SMILES string of the molecule is O=S(=O)(Nc1nc2ccccc2nc1Nc1ccccc1C(F)(F)F)c1cc(Cl)ccc1Cl. The summed E-state index contributed by atoms with van der Waals surface area (Å²) in [5.74, 6) is -0.547. The number of sulfonamides is 1. The highest BCUT2D eigenvalue weighted by molar-refractivity contribution is 7.92. The second-order valence-corrected chi connectivity index (χ2v) is 9.25. The summed E-state index contributed by atoms with van der Waals surface area (Å²) in [6.07, 6.45) is -4.65. The third-order valence-electron chi connectivity index (χ3n) is 4.47. The van der Waals surface area contributed by atoms with Crippen molar-refractivity contribution < 1.29 is 21.6 Å². The summed E-state index contributed by atoms with van der Waals surface area (Å²) in [7, 11) is -4.32. The van der Waals surface area contributed by atoms with Crippen LogP contribution < -0.4 is 10.0 Å². The van der Waals surface area contributed by atoms with E-state index in [1.54, 1.807) is 24.3 Å². The lowest BCUT2D eigenvalue weighted by molar-refractivity contribution is -0.136. The molecule has 0 bridgehead atoms. The van der Waals surface area contributed by atoms with Gasteiger partial charge in [0.05, 0.1) is 27.3 Å². The van der Waals surface area contributed by atoms with Crippen molar-refractivity contribution in [3.63, 3.8) is 0 Å². The monoisotopic (exact) mass is 512 g/mol. The molecule has 0 fully saturated rings. The van der Waals surface area contributed by atoms with E-state index in [-0.39, 0.29) is 32.3 Å². The summed E-state index contributed by atoms with van der Waals surface area (Å²) in [5, 5.41) is 2.59. The summed E-state index contributed by atoms with van der Waals surface area (Å²) < 4.78 is 68.7. The molecular weight excluding hydrogens is 500 g/mol. The van der Waals surface area contributed by atoms with Crippen molar-refractivity contribution in [1.29, 1.82) is 0 Å². The first kappa shape index (κ1) is 23.1. The molecule has 12 heteroatoms. The minimum Gasteiger partial charge on any atom is -0.337 e. The molecule has 0 aliphatic rings. The van der Waals surface area contributed by atoms with Gasteiger partial charge < -0.3 is 5.32 Å². The zero-order chi connectivity index (χ0) is 23.8. The van der Waals surface area contributed by atoms with E-state index in [0.29, 0.717) is 11.0 Å². The number of hydrogen-bond donors (Lipinski definition) is 2. The van der Waals surface area contributed by atoms with Crippen molar-refractivity contribution in [3.05, 3.63) is 82.3 Å². The first-order valence-electron chi connectivity index (χ1n) is 9.22. The number of halogens is 5. The van der Waals surface area contributed by atoms with Crippen molar-refractivity contribution in [3.8, 4) is 0 Å². The van der Waals surface area contributed by atoms with Gasteiger partial charge in [0, 0.05) is 5.02 Å². The molecule has 2 N–H and O–H groups in total. The zero-order valence-electron chi connectivity index (χ0n) is 16.4. The van der Waals surface area contributed by atoms with Crippen molar-refractivity contribution >= 4 is 61.6 Å². The Morgan fingerprint density at radius 2 is 1.42 bits per heavy atom. The fraction of sp³-hybridized carbons (Fsp3) is 0.0476. The highest BCUT2D eigenvalue weighted by atomic mass is 35.5. The summed E-state index contributed by atoms with van der Waals surface area (Å²) >= 11 is 11.9. The van der Waals surface area contributed by atoms with Crippen LogP contribution in [-0.2, 0) is 16.2 Å². The van der Waals surface area contributed by atoms with E-state index >= 15 is 0 Å². The van der Waals surface area contributed by atoms with Crippen LogP contribution in [0.5, 0.6) is 0 Å². The molecule has 0 aliphatic heterocycles. The van der Waals surface area contributed by atoms with E-state index in [1.165, 1.54) is 30.3 Å². The van der Waals surface area contributed by atoms with Gasteiger partial charge in [0.2, 0.25) is 0 Å². The van der Waals surface area contributed by atoms with Gasteiger partial charge in [0.15, 0.2) is 11.6 Å². The topological polar surface area (TPSA) is 84.0 Å². The van der Waals surface area contributed by atoms with Crippen LogP contribution in [0.2, 0.25) is 10.0 Å². The minimum atomic E-state index is -4.65. The molecule has 0 radical (unpaired) electrons. The molecule has 4 rings (SSSR count). The van der Waals surface area contributed by atoms with E-state index < -0.39 is 21.8 Å². The zero-order valence-corrected chi connectivity index (χ0v) is 18.7. The number of fused-ring (bicyclic) bond motifs is 1. The molecule has 170 valence electrons. The molecule has 6 nitrogen and oxygen atoms in total. The standard InChI is InChI=1S/C21H13Cl2F3N4O2S/c22-12-9-10-14(23)18(11-12)33(31,32)30-20-19(28-16-7-3-4-8-17(16)29-20)27-15-6-2-1-5-13(15)21(24,25)26/h1-11H,(H,27,28)(H,29,30). The smallest absolute Gasteiger partial charge is 0.337 e. The Balaban J connectivity index is 1.84. The molecule has 1 heterocycles. The Kier molecular flexibility index (Phi) is 6.08. The van der Waals surface area contributed by atoms with Crippen molar-refractivity contribution in [1.82, 2.24) is 9.97 Å². The fourth-order valence-corrected chi connectivity index (χ4v) is 4.76. The number of aromatic nitrogens is 2. The molecule has 33 heavy (non-hydrogen) atoms. The van der Waals surface area contributed by atoms with Crippen LogP contribution in [0.4, 0.5) is 30.5 Å². The molecule has 0 unspecified atom stereocenters. The minimum absolute atomic E-state index is 0.0995. The average Bonchev–Trinajstić information content (AvgIpc) is 2.75. The van der Waals surface area contributed by atoms with Gasteiger partial charge in [-0.15, -0.1) is 0 Å². The number of nitrogens with zero attached hydrogens (tertiary/aromatic N) is 2. The molecule has 0 spiro atoms. The van der Waals surface area contributed by atoms with Gasteiger partial charge in [-0.3, -0.25) is 4.72 Å². The molecule has 4 aromatic rings. The second-order valence-electron chi connectivity index (χ2n) is 6.76. The Bertz CT molecular complexity index is 1460. The normalized spacial score (nSPS) is 12.0. The number of para-hydroxylation sites is 3. The lowest BCUT2D eigenvalue weighted by Crippen LogP contribution is -2.17. The van der Waals surface area contributed by atoms with Crippen molar-refractivity contribution in [2.45, 2.75) is 11.1 Å². The molecule has 1 aromatic heterocycles. The Labute approximate surface area is 196 Å². The van der Waals surface area contributed by atoms with Crippen molar-refractivity contribution in [2.75, 3.05) is 10.0 Å². The molecule has 0 saturated carbocycles. The van der Waals surface area contributed by atoms with Gasteiger partial charge in [-0.2, -0.15) is 13.2 Å². The third-order valence-corrected chi connectivity index (χ3v) is 6.53. The number of rotatable bonds is 5. The lowest BCUT2D eigenvalue weighted by atomic mass is 10.1. The number of hydrogen-bond acceptors (Lipinski definition) is 5. The van der Waals surface area contributed by atoms with E-state index in [9.17, 15) is 21.6 Å². The molecule has 0 aliphatic carbocycles. The number of alkyl halides is 3. The first-order chi connectivity index (χ1) is 15.5. The van der Waals surface area contributed by atoms with Gasteiger partial charge in [0.1, 0.15) is 4.90 Å². The predicted molar refractivity (Wildman–Crippen MR) is 122 cm³/mol. The van der Waals surface area contributed by atoms with E-state index in [0.717, 1.165) is 12.1 Å². The van der Waals surface area contributed by atoms with Gasteiger partial charge in [-0.25, -0.2) is 18.4 Å². The van der Waals surface area contributed by atoms with Crippen molar-refractivity contribution in [2.24, 2.45) is 0 Å². The Hall–Kier alpha value is -3.08. The van der Waals surface area contributed by atoms with Crippen LogP contribution in [-0.4, -0.2) is 18.4 Å². The highest BCUT2D eigenvalue weighted by Gasteiger charge is 2.33. The summed E-state index contributed by atoms with van der Waals surface area (Å²) in [4.78, 5) is 8.21. The van der Waals surface area contributed by atoms with Crippen LogP contribution in [0.3, 0.4) is 0 Å². The highest BCUT2D eigenvalue weighted by Crippen LogP contribution is 2.37. The van der Waals surface area contributed by atoms with E-state index in [1.807, 2.05) is 0 Å². The lowest BCUT2D eigenvalue weighted by Gasteiger charge is -2.17. The summed E-state index contributed by atoms with van der Waals surface area (Å²) in [6, 6.07) is 15.1. The first-order valence-corrected chi connectivity index (χ1v) is 11.5. The third kappa shape index (κ3) is 4.97. The molecule has 0 amide bonds.